The number of aromatic nitrogens is 1. The second-order valence-corrected chi connectivity index (χ2v) is 6.04. The molecule has 0 N–H and O–H groups in total. The monoisotopic (exact) mass is 357 g/mol. The lowest BCUT2D eigenvalue weighted by Crippen LogP contribution is -2.07. The number of carbonyl (C=O) groups excluding carboxylic acids is 1. The Bertz CT molecular complexity index is 913. The van der Waals surface area contributed by atoms with E-state index in [2.05, 4.69) is 0 Å². The van der Waals surface area contributed by atoms with Crippen molar-refractivity contribution < 1.29 is 14.3 Å². The Labute approximate surface area is 151 Å². The van der Waals surface area contributed by atoms with E-state index in [4.69, 9.17) is 21.1 Å². The van der Waals surface area contributed by atoms with Crippen LogP contribution in [-0.2, 0) is 4.74 Å². The SMILES string of the molecule is CCOC(=O)c1c(C)n(-c2ccc(Cl)cc2)c2ccc(OCC)cc12. The Morgan fingerprint density at radius 2 is 1.80 bits per heavy atom. The van der Waals surface area contributed by atoms with Crippen molar-refractivity contribution in [3.8, 4) is 11.4 Å². The first-order chi connectivity index (χ1) is 12.1. The van der Waals surface area contributed by atoms with Gasteiger partial charge < -0.3 is 14.0 Å². The zero-order valence-corrected chi connectivity index (χ0v) is 15.3. The molecule has 0 fully saturated rings. The van der Waals surface area contributed by atoms with Gasteiger partial charge in [-0.15, -0.1) is 0 Å². The van der Waals surface area contributed by atoms with Crippen molar-refractivity contribution in [2.45, 2.75) is 20.8 Å². The first kappa shape index (κ1) is 17.4. The Morgan fingerprint density at radius 1 is 1.08 bits per heavy atom. The maximum Gasteiger partial charge on any atom is 0.340 e. The number of benzene rings is 2. The summed E-state index contributed by atoms with van der Waals surface area (Å²) in [5, 5.41) is 1.49. The maximum absolute atomic E-state index is 12.5. The van der Waals surface area contributed by atoms with E-state index in [1.807, 2.05) is 60.9 Å². The van der Waals surface area contributed by atoms with Crippen LogP contribution < -0.4 is 4.74 Å². The third-order valence-electron chi connectivity index (χ3n) is 4.05. The summed E-state index contributed by atoms with van der Waals surface area (Å²) in [5.41, 5.74) is 3.25. The smallest absolute Gasteiger partial charge is 0.340 e. The van der Waals surface area contributed by atoms with Gasteiger partial charge in [0.05, 0.1) is 24.3 Å². The van der Waals surface area contributed by atoms with Crippen LogP contribution in [0.2, 0.25) is 5.02 Å². The minimum Gasteiger partial charge on any atom is -0.494 e. The first-order valence-corrected chi connectivity index (χ1v) is 8.65. The molecule has 25 heavy (non-hydrogen) atoms. The van der Waals surface area contributed by atoms with Gasteiger partial charge in [-0.3, -0.25) is 0 Å². The highest BCUT2D eigenvalue weighted by Crippen LogP contribution is 2.33. The summed E-state index contributed by atoms with van der Waals surface area (Å²) in [6, 6.07) is 13.3. The van der Waals surface area contributed by atoms with Gasteiger partial charge in [-0.05, 0) is 63.2 Å². The van der Waals surface area contributed by atoms with Crippen molar-refractivity contribution in [2.75, 3.05) is 13.2 Å². The maximum atomic E-state index is 12.5. The molecule has 1 aromatic heterocycles. The Kier molecular flexibility index (Phi) is 5.00. The number of halogens is 1. The molecule has 1 heterocycles. The van der Waals surface area contributed by atoms with Crippen molar-refractivity contribution >= 4 is 28.5 Å². The highest BCUT2D eigenvalue weighted by atomic mass is 35.5. The molecule has 0 amide bonds. The largest absolute Gasteiger partial charge is 0.494 e. The Hall–Kier alpha value is -2.46. The number of fused-ring (bicyclic) bond motifs is 1. The van der Waals surface area contributed by atoms with E-state index in [9.17, 15) is 4.79 Å². The van der Waals surface area contributed by atoms with E-state index < -0.39 is 0 Å². The summed E-state index contributed by atoms with van der Waals surface area (Å²) in [4.78, 5) is 12.5. The van der Waals surface area contributed by atoms with Crippen LogP contribution in [0.15, 0.2) is 42.5 Å². The van der Waals surface area contributed by atoms with Crippen molar-refractivity contribution in [1.82, 2.24) is 4.57 Å². The molecule has 0 bridgehead atoms. The lowest BCUT2D eigenvalue weighted by Gasteiger charge is -2.09. The van der Waals surface area contributed by atoms with Crippen LogP contribution in [0.25, 0.3) is 16.6 Å². The van der Waals surface area contributed by atoms with Gasteiger partial charge in [0, 0.05) is 21.8 Å². The second-order valence-electron chi connectivity index (χ2n) is 5.60. The fraction of sp³-hybridized carbons (Fsp3) is 0.250. The molecule has 0 spiro atoms. The normalized spacial score (nSPS) is 10.9. The summed E-state index contributed by atoms with van der Waals surface area (Å²) >= 11 is 6.01. The van der Waals surface area contributed by atoms with E-state index in [0.717, 1.165) is 28.0 Å². The number of hydrogen-bond donors (Lipinski definition) is 0. The molecule has 0 saturated heterocycles. The van der Waals surface area contributed by atoms with Gasteiger partial charge in [-0.25, -0.2) is 4.79 Å². The summed E-state index contributed by atoms with van der Waals surface area (Å²) in [6.45, 7) is 6.55. The molecule has 0 unspecified atom stereocenters. The van der Waals surface area contributed by atoms with Crippen LogP contribution >= 0.6 is 11.6 Å². The summed E-state index contributed by atoms with van der Waals surface area (Å²) in [5.74, 6) is 0.403. The Balaban J connectivity index is 2.28. The lowest BCUT2D eigenvalue weighted by molar-refractivity contribution is 0.0527. The Morgan fingerprint density at radius 3 is 2.44 bits per heavy atom. The molecule has 0 saturated carbocycles. The fourth-order valence-corrected chi connectivity index (χ4v) is 3.16. The quantitative estimate of drug-likeness (QED) is 0.591. The molecule has 130 valence electrons. The van der Waals surface area contributed by atoms with Crippen LogP contribution in [0.1, 0.15) is 29.9 Å². The van der Waals surface area contributed by atoms with Gasteiger partial charge in [0.2, 0.25) is 0 Å². The van der Waals surface area contributed by atoms with Gasteiger partial charge in [-0.1, -0.05) is 11.6 Å². The lowest BCUT2D eigenvalue weighted by atomic mass is 10.1. The summed E-state index contributed by atoms with van der Waals surface area (Å²) in [6.07, 6.45) is 0. The summed E-state index contributed by atoms with van der Waals surface area (Å²) < 4.78 is 12.9. The van der Waals surface area contributed by atoms with Crippen LogP contribution in [0.5, 0.6) is 5.75 Å². The average molecular weight is 358 g/mol. The molecule has 0 aliphatic carbocycles. The number of rotatable bonds is 5. The van der Waals surface area contributed by atoms with Gasteiger partial charge in [-0.2, -0.15) is 0 Å². The van der Waals surface area contributed by atoms with E-state index in [0.29, 0.717) is 23.8 Å². The molecule has 2 aromatic carbocycles. The highest BCUT2D eigenvalue weighted by molar-refractivity contribution is 6.30. The molecule has 0 radical (unpaired) electrons. The summed E-state index contributed by atoms with van der Waals surface area (Å²) in [7, 11) is 0. The van der Waals surface area contributed by atoms with Gasteiger partial charge in [0.15, 0.2) is 0 Å². The predicted molar refractivity (Wildman–Crippen MR) is 100 cm³/mol. The van der Waals surface area contributed by atoms with Gasteiger partial charge >= 0.3 is 5.97 Å². The third-order valence-corrected chi connectivity index (χ3v) is 4.30. The first-order valence-electron chi connectivity index (χ1n) is 8.27. The highest BCUT2D eigenvalue weighted by Gasteiger charge is 2.22. The molecule has 0 aliphatic heterocycles. The van der Waals surface area contributed by atoms with Crippen LogP contribution in [0.4, 0.5) is 0 Å². The van der Waals surface area contributed by atoms with E-state index in [1.54, 1.807) is 6.92 Å². The minimum atomic E-state index is -0.327. The topological polar surface area (TPSA) is 40.5 Å². The fourth-order valence-electron chi connectivity index (χ4n) is 3.04. The van der Waals surface area contributed by atoms with E-state index >= 15 is 0 Å². The standard InChI is InChI=1S/C20H20ClNO3/c1-4-24-16-10-11-18-17(12-16)19(20(23)25-5-2)13(3)22(18)15-8-6-14(21)7-9-15/h6-12H,4-5H2,1-3H3. The number of nitrogens with zero attached hydrogens (tertiary/aromatic N) is 1. The molecule has 4 nitrogen and oxygen atoms in total. The molecule has 3 aromatic rings. The average Bonchev–Trinajstić information content (AvgIpc) is 2.88. The van der Waals surface area contributed by atoms with E-state index in [1.165, 1.54) is 0 Å². The van der Waals surface area contributed by atoms with Crippen LogP contribution in [-0.4, -0.2) is 23.8 Å². The number of ether oxygens (including phenoxy) is 2. The zero-order chi connectivity index (χ0) is 18.0. The van der Waals surface area contributed by atoms with Crippen molar-refractivity contribution in [2.24, 2.45) is 0 Å². The van der Waals surface area contributed by atoms with Gasteiger partial charge in [0.25, 0.3) is 0 Å². The number of hydrogen-bond acceptors (Lipinski definition) is 3. The zero-order valence-electron chi connectivity index (χ0n) is 14.5. The molecular weight excluding hydrogens is 338 g/mol. The van der Waals surface area contributed by atoms with Crippen LogP contribution in [0, 0.1) is 6.92 Å². The molecule has 3 rings (SSSR count). The van der Waals surface area contributed by atoms with E-state index in [-0.39, 0.29) is 5.97 Å². The van der Waals surface area contributed by atoms with Crippen molar-refractivity contribution in [1.29, 1.82) is 0 Å². The molecule has 5 heteroatoms. The molecular formula is C20H20ClNO3. The third kappa shape index (κ3) is 3.22. The predicted octanol–water partition coefficient (Wildman–Crippen LogP) is 5.17. The molecule has 0 aliphatic rings. The number of carbonyl (C=O) groups is 1. The van der Waals surface area contributed by atoms with Crippen LogP contribution in [0.3, 0.4) is 0 Å². The molecule has 0 atom stereocenters. The van der Waals surface area contributed by atoms with Crippen molar-refractivity contribution in [3.05, 3.63) is 58.7 Å². The number of esters is 1. The second kappa shape index (κ2) is 7.19. The van der Waals surface area contributed by atoms with Crippen molar-refractivity contribution in [3.63, 3.8) is 0 Å². The van der Waals surface area contributed by atoms with Gasteiger partial charge in [0.1, 0.15) is 5.75 Å². The minimum absolute atomic E-state index is 0.327.